The van der Waals surface area contributed by atoms with Gasteiger partial charge in [-0.05, 0) is 73.1 Å². The maximum atomic E-state index is 12.0. The van der Waals surface area contributed by atoms with Gasteiger partial charge in [0, 0.05) is 17.6 Å². The summed E-state index contributed by atoms with van der Waals surface area (Å²) in [5.74, 6) is 0.648. The van der Waals surface area contributed by atoms with Gasteiger partial charge in [-0.1, -0.05) is 48.9 Å². The lowest BCUT2D eigenvalue weighted by atomic mass is 9.64. The molecule has 4 rings (SSSR count). The number of hydrogen-bond donors (Lipinski definition) is 2. The third-order valence-corrected chi connectivity index (χ3v) is 6.97. The first-order valence-electron chi connectivity index (χ1n) is 10.8. The number of nitrogens with one attached hydrogen (secondary N) is 1. The van der Waals surface area contributed by atoms with Crippen LogP contribution in [0.5, 0.6) is 5.75 Å². The first kappa shape index (κ1) is 21.0. The molecule has 0 aliphatic heterocycles. The van der Waals surface area contributed by atoms with Crippen LogP contribution in [-0.2, 0) is 6.42 Å². The van der Waals surface area contributed by atoms with Crippen LogP contribution >= 0.6 is 11.6 Å². The van der Waals surface area contributed by atoms with Crippen LogP contribution < -0.4 is 16.0 Å². The summed E-state index contributed by atoms with van der Waals surface area (Å²) >= 11 is 6.43. The van der Waals surface area contributed by atoms with Gasteiger partial charge < -0.3 is 15.5 Å². The van der Waals surface area contributed by atoms with Crippen molar-refractivity contribution < 1.29 is 4.74 Å². The number of aromatic nitrogens is 1. The zero-order valence-corrected chi connectivity index (χ0v) is 18.1. The van der Waals surface area contributed by atoms with Gasteiger partial charge in [0.1, 0.15) is 5.75 Å². The van der Waals surface area contributed by atoms with E-state index in [9.17, 15) is 4.79 Å². The molecule has 0 radical (unpaired) electrons. The van der Waals surface area contributed by atoms with E-state index in [2.05, 4.69) is 42.2 Å². The minimum absolute atomic E-state index is 0.106. The van der Waals surface area contributed by atoms with Gasteiger partial charge in [0.15, 0.2) is 0 Å². The summed E-state index contributed by atoms with van der Waals surface area (Å²) in [6.45, 7) is 2.18. The minimum Gasteiger partial charge on any atom is -0.489 e. The highest BCUT2D eigenvalue weighted by Gasteiger charge is 2.40. The van der Waals surface area contributed by atoms with Crippen molar-refractivity contribution in [3.05, 3.63) is 75.7 Å². The van der Waals surface area contributed by atoms with Crippen LogP contribution in [0.15, 0.2) is 59.5 Å². The second-order valence-electron chi connectivity index (χ2n) is 8.53. The van der Waals surface area contributed by atoms with Crippen LogP contribution in [0.25, 0.3) is 10.8 Å². The molecule has 0 bridgehead atoms. The maximum absolute atomic E-state index is 12.0. The van der Waals surface area contributed by atoms with Gasteiger partial charge in [-0.25, -0.2) is 0 Å². The Morgan fingerprint density at radius 3 is 2.63 bits per heavy atom. The van der Waals surface area contributed by atoms with Gasteiger partial charge in [-0.15, -0.1) is 0 Å². The summed E-state index contributed by atoms with van der Waals surface area (Å²) < 4.78 is 6.31. The molecule has 1 unspecified atom stereocenters. The lowest BCUT2D eigenvalue weighted by Gasteiger charge is -2.44. The molecular formula is C25H29ClN2O2. The molecule has 3 N–H and O–H groups in total. The lowest BCUT2D eigenvalue weighted by molar-refractivity contribution is 0.0597. The predicted octanol–water partition coefficient (Wildman–Crippen LogP) is 5.47. The number of aromatic amines is 1. The van der Waals surface area contributed by atoms with Crippen molar-refractivity contribution in [1.82, 2.24) is 4.98 Å². The van der Waals surface area contributed by atoms with E-state index >= 15 is 0 Å². The summed E-state index contributed by atoms with van der Waals surface area (Å²) in [5.41, 5.74) is 7.95. The molecule has 0 spiro atoms. The van der Waals surface area contributed by atoms with Crippen molar-refractivity contribution in [3.8, 4) is 5.75 Å². The molecule has 1 aliphatic carbocycles. The fourth-order valence-electron chi connectivity index (χ4n) is 4.86. The summed E-state index contributed by atoms with van der Waals surface area (Å²) in [4.78, 5) is 14.7. The van der Waals surface area contributed by atoms with E-state index in [0.29, 0.717) is 16.2 Å². The Kier molecular flexibility index (Phi) is 6.16. The maximum Gasteiger partial charge on any atom is 0.255 e. The standard InChI is InChI=1S/C25H29ClN2O2/c1-2-23(27)25(16-17-6-4-3-5-7-17)11-8-19(9-12-25)30-22-14-18-10-13-28-24(29)20(18)15-21(22)26/h3-7,10,13-15,19,23H,2,8-9,11-12,16,27H2,1H3,(H,28,29). The number of pyridine rings is 1. The first-order chi connectivity index (χ1) is 14.5. The highest BCUT2D eigenvalue weighted by Crippen LogP contribution is 2.44. The number of benzene rings is 2. The third kappa shape index (κ3) is 4.26. The molecular weight excluding hydrogens is 396 g/mol. The largest absolute Gasteiger partial charge is 0.489 e. The number of hydrogen-bond acceptors (Lipinski definition) is 3. The van der Waals surface area contributed by atoms with E-state index in [0.717, 1.165) is 43.9 Å². The fraction of sp³-hybridized carbons (Fsp3) is 0.400. The van der Waals surface area contributed by atoms with E-state index in [1.54, 1.807) is 12.3 Å². The second-order valence-corrected chi connectivity index (χ2v) is 8.94. The Hall–Kier alpha value is -2.30. The molecule has 1 aliphatic rings. The monoisotopic (exact) mass is 424 g/mol. The van der Waals surface area contributed by atoms with Crippen molar-refractivity contribution in [2.24, 2.45) is 11.1 Å². The molecule has 2 aromatic carbocycles. The zero-order valence-electron chi connectivity index (χ0n) is 17.4. The molecule has 0 saturated heterocycles. The van der Waals surface area contributed by atoms with Crippen LogP contribution in [0.1, 0.15) is 44.6 Å². The molecule has 1 heterocycles. The van der Waals surface area contributed by atoms with Gasteiger partial charge in [0.2, 0.25) is 0 Å². The molecule has 1 saturated carbocycles. The van der Waals surface area contributed by atoms with Gasteiger partial charge >= 0.3 is 0 Å². The molecule has 30 heavy (non-hydrogen) atoms. The molecule has 0 amide bonds. The Morgan fingerprint density at radius 2 is 1.93 bits per heavy atom. The van der Waals surface area contributed by atoms with Crippen LogP contribution in [0, 0.1) is 5.41 Å². The highest BCUT2D eigenvalue weighted by atomic mass is 35.5. The van der Waals surface area contributed by atoms with E-state index in [4.69, 9.17) is 22.1 Å². The smallest absolute Gasteiger partial charge is 0.255 e. The quantitative estimate of drug-likeness (QED) is 0.551. The first-order valence-corrected chi connectivity index (χ1v) is 11.2. The summed E-state index contributed by atoms with van der Waals surface area (Å²) in [7, 11) is 0. The Balaban J connectivity index is 1.50. The van der Waals surface area contributed by atoms with Crippen LogP contribution in [0.4, 0.5) is 0 Å². The van der Waals surface area contributed by atoms with Crippen molar-refractivity contribution in [1.29, 1.82) is 0 Å². The SMILES string of the molecule is CCC(N)C1(Cc2ccccc2)CCC(Oc2cc3cc[nH]c(=O)c3cc2Cl)CC1. The van der Waals surface area contributed by atoms with E-state index in [1.807, 2.05) is 12.1 Å². The Labute approximate surface area is 182 Å². The van der Waals surface area contributed by atoms with Crippen LogP contribution in [0.3, 0.4) is 0 Å². The third-order valence-electron chi connectivity index (χ3n) is 6.67. The Bertz CT molecular complexity index is 1060. The number of ether oxygens (including phenoxy) is 1. The van der Waals surface area contributed by atoms with E-state index in [1.165, 1.54) is 5.56 Å². The molecule has 158 valence electrons. The summed E-state index contributed by atoms with van der Waals surface area (Å²) in [6.07, 6.45) is 7.70. The zero-order chi connectivity index (χ0) is 21.1. The summed E-state index contributed by atoms with van der Waals surface area (Å²) in [6, 6.07) is 16.3. The Morgan fingerprint density at radius 1 is 1.20 bits per heavy atom. The highest BCUT2D eigenvalue weighted by molar-refractivity contribution is 6.32. The second kappa shape index (κ2) is 8.83. The van der Waals surface area contributed by atoms with Crippen LogP contribution in [-0.4, -0.2) is 17.1 Å². The number of rotatable bonds is 6. The predicted molar refractivity (Wildman–Crippen MR) is 123 cm³/mol. The summed E-state index contributed by atoms with van der Waals surface area (Å²) in [5, 5.41) is 1.89. The van der Waals surface area contributed by atoms with Gasteiger partial charge in [0.05, 0.1) is 11.1 Å². The van der Waals surface area contributed by atoms with Gasteiger partial charge in [-0.3, -0.25) is 4.79 Å². The lowest BCUT2D eigenvalue weighted by Crippen LogP contribution is -2.47. The molecule has 4 nitrogen and oxygen atoms in total. The molecule has 1 atom stereocenters. The molecule has 3 aromatic rings. The van der Waals surface area contributed by atoms with E-state index < -0.39 is 0 Å². The van der Waals surface area contributed by atoms with Crippen molar-refractivity contribution in [3.63, 3.8) is 0 Å². The minimum atomic E-state index is -0.141. The van der Waals surface area contributed by atoms with Gasteiger partial charge in [-0.2, -0.15) is 0 Å². The van der Waals surface area contributed by atoms with Crippen LogP contribution in [0.2, 0.25) is 5.02 Å². The number of fused-ring (bicyclic) bond motifs is 1. The fourth-order valence-corrected chi connectivity index (χ4v) is 5.06. The van der Waals surface area contributed by atoms with E-state index in [-0.39, 0.29) is 23.1 Å². The molecule has 5 heteroatoms. The molecule has 1 fully saturated rings. The topological polar surface area (TPSA) is 68.1 Å². The average Bonchev–Trinajstić information content (AvgIpc) is 2.76. The van der Waals surface area contributed by atoms with Crippen molar-refractivity contribution in [2.75, 3.05) is 0 Å². The van der Waals surface area contributed by atoms with Crippen molar-refractivity contribution >= 4 is 22.4 Å². The van der Waals surface area contributed by atoms with Crippen molar-refractivity contribution in [2.45, 2.75) is 57.6 Å². The normalized spacial score (nSPS) is 22.7. The van der Waals surface area contributed by atoms with Gasteiger partial charge in [0.25, 0.3) is 5.56 Å². The number of nitrogens with two attached hydrogens (primary N) is 1. The molecule has 1 aromatic heterocycles. The number of H-pyrrole nitrogens is 1. The number of halogens is 1. The average molecular weight is 425 g/mol.